The summed E-state index contributed by atoms with van der Waals surface area (Å²) in [7, 11) is 0. The fraction of sp³-hybridized carbons (Fsp3) is 0.600. The minimum absolute atomic E-state index is 0.0705. The zero-order valence-electron chi connectivity index (χ0n) is 11.0. The SMILES string of the molecule is C[C@@H](NC1CC1)c1ccc(N2CCCC2)c(F)c1. The lowest BCUT2D eigenvalue weighted by molar-refractivity contribution is 0.561. The Morgan fingerprint density at radius 2 is 2.00 bits per heavy atom. The highest BCUT2D eigenvalue weighted by atomic mass is 19.1. The zero-order valence-corrected chi connectivity index (χ0v) is 11.0. The molecule has 0 amide bonds. The summed E-state index contributed by atoms with van der Waals surface area (Å²) >= 11 is 0. The molecule has 3 heteroatoms. The molecule has 1 saturated heterocycles. The molecule has 2 nitrogen and oxygen atoms in total. The molecule has 0 spiro atoms. The predicted octanol–water partition coefficient (Wildman–Crippen LogP) is 3.24. The molecule has 3 rings (SSSR count). The lowest BCUT2D eigenvalue weighted by Crippen LogP contribution is -2.22. The van der Waals surface area contributed by atoms with Gasteiger partial charge in [0.05, 0.1) is 5.69 Å². The number of nitrogens with one attached hydrogen (secondary N) is 1. The van der Waals surface area contributed by atoms with Gasteiger partial charge in [0.1, 0.15) is 5.82 Å². The molecular weight excluding hydrogens is 227 g/mol. The van der Waals surface area contributed by atoms with Crippen LogP contribution in [0.25, 0.3) is 0 Å². The first-order valence-electron chi connectivity index (χ1n) is 7.04. The summed E-state index contributed by atoms with van der Waals surface area (Å²) in [5.74, 6) is -0.0705. The normalized spacial score (nSPS) is 21.3. The van der Waals surface area contributed by atoms with E-state index in [9.17, 15) is 4.39 Å². The van der Waals surface area contributed by atoms with Crippen LogP contribution in [0.2, 0.25) is 0 Å². The molecule has 2 fully saturated rings. The average Bonchev–Trinajstić information content (AvgIpc) is 3.01. The van der Waals surface area contributed by atoms with Crippen molar-refractivity contribution in [1.29, 1.82) is 0 Å². The van der Waals surface area contributed by atoms with Gasteiger partial charge in [0.25, 0.3) is 0 Å². The van der Waals surface area contributed by atoms with Gasteiger partial charge in [-0.25, -0.2) is 4.39 Å². The number of nitrogens with zero attached hydrogens (tertiary/aromatic N) is 1. The van der Waals surface area contributed by atoms with E-state index in [1.54, 1.807) is 6.07 Å². The molecule has 1 saturated carbocycles. The molecule has 1 aromatic rings. The molecule has 98 valence electrons. The summed E-state index contributed by atoms with van der Waals surface area (Å²) in [6.07, 6.45) is 4.89. The largest absolute Gasteiger partial charge is 0.369 e. The number of halogens is 1. The molecule has 1 aliphatic heterocycles. The maximum atomic E-state index is 14.1. The second-order valence-electron chi connectivity index (χ2n) is 5.57. The first kappa shape index (κ1) is 12.0. The van der Waals surface area contributed by atoms with Gasteiger partial charge < -0.3 is 10.2 Å². The number of hydrogen-bond acceptors (Lipinski definition) is 2. The van der Waals surface area contributed by atoms with E-state index in [1.807, 2.05) is 6.07 Å². The smallest absolute Gasteiger partial charge is 0.146 e. The lowest BCUT2D eigenvalue weighted by atomic mass is 10.1. The number of rotatable bonds is 4. The van der Waals surface area contributed by atoms with Crippen LogP contribution in [0.1, 0.15) is 44.2 Å². The van der Waals surface area contributed by atoms with Crippen molar-refractivity contribution in [3.8, 4) is 0 Å². The Labute approximate surface area is 108 Å². The maximum absolute atomic E-state index is 14.1. The Balaban J connectivity index is 1.74. The average molecular weight is 248 g/mol. The summed E-state index contributed by atoms with van der Waals surface area (Å²) in [5.41, 5.74) is 1.83. The Bertz CT molecular complexity index is 423. The van der Waals surface area contributed by atoms with E-state index in [2.05, 4.69) is 23.2 Å². The van der Waals surface area contributed by atoms with E-state index in [-0.39, 0.29) is 11.9 Å². The molecule has 18 heavy (non-hydrogen) atoms. The highest BCUT2D eigenvalue weighted by Crippen LogP contribution is 2.28. The predicted molar refractivity (Wildman–Crippen MR) is 72.4 cm³/mol. The van der Waals surface area contributed by atoms with E-state index in [1.165, 1.54) is 25.7 Å². The van der Waals surface area contributed by atoms with Crippen LogP contribution < -0.4 is 10.2 Å². The molecule has 0 aromatic heterocycles. The molecule has 0 radical (unpaired) electrons. The van der Waals surface area contributed by atoms with E-state index in [4.69, 9.17) is 0 Å². The van der Waals surface area contributed by atoms with Crippen molar-refractivity contribution in [3.63, 3.8) is 0 Å². The van der Waals surface area contributed by atoms with E-state index >= 15 is 0 Å². The molecular formula is C15H21FN2. The van der Waals surface area contributed by atoms with Crippen molar-refractivity contribution in [1.82, 2.24) is 5.32 Å². The van der Waals surface area contributed by atoms with Gasteiger partial charge in [0.15, 0.2) is 0 Å². The highest BCUT2D eigenvalue weighted by molar-refractivity contribution is 5.50. The van der Waals surface area contributed by atoms with Gasteiger partial charge >= 0.3 is 0 Å². The van der Waals surface area contributed by atoms with Gasteiger partial charge in [0.2, 0.25) is 0 Å². The minimum Gasteiger partial charge on any atom is -0.369 e. The Morgan fingerprint density at radius 3 is 2.61 bits per heavy atom. The van der Waals surface area contributed by atoms with Crippen molar-refractivity contribution in [2.24, 2.45) is 0 Å². The van der Waals surface area contributed by atoms with Crippen molar-refractivity contribution in [3.05, 3.63) is 29.6 Å². The molecule has 0 bridgehead atoms. The van der Waals surface area contributed by atoms with E-state index < -0.39 is 0 Å². The van der Waals surface area contributed by atoms with Gasteiger partial charge in [-0.2, -0.15) is 0 Å². The van der Waals surface area contributed by atoms with E-state index in [0.717, 1.165) is 24.3 Å². The van der Waals surface area contributed by atoms with Gasteiger partial charge in [-0.3, -0.25) is 0 Å². The Morgan fingerprint density at radius 1 is 1.28 bits per heavy atom. The third kappa shape index (κ3) is 2.51. The molecule has 0 unspecified atom stereocenters. The van der Waals surface area contributed by atoms with Crippen LogP contribution in [0.5, 0.6) is 0 Å². The first-order valence-corrected chi connectivity index (χ1v) is 7.04. The molecule has 1 heterocycles. The standard InChI is InChI=1S/C15H21FN2/c1-11(17-13-5-6-13)12-4-7-15(14(16)10-12)18-8-2-3-9-18/h4,7,10-11,13,17H,2-3,5-6,8-9H2,1H3/t11-/m1/s1. The molecule has 1 atom stereocenters. The quantitative estimate of drug-likeness (QED) is 0.880. The summed E-state index contributed by atoms with van der Waals surface area (Å²) < 4.78 is 14.1. The summed E-state index contributed by atoms with van der Waals surface area (Å²) in [6, 6.07) is 6.62. The second kappa shape index (κ2) is 4.88. The van der Waals surface area contributed by atoms with Crippen molar-refractivity contribution < 1.29 is 4.39 Å². The molecule has 1 N–H and O–H groups in total. The fourth-order valence-corrected chi connectivity index (χ4v) is 2.71. The first-order chi connectivity index (χ1) is 8.74. The van der Waals surface area contributed by atoms with Gasteiger partial charge in [-0.05, 0) is 50.3 Å². The van der Waals surface area contributed by atoms with Gasteiger partial charge in [0, 0.05) is 25.2 Å². The number of hydrogen-bond donors (Lipinski definition) is 1. The van der Waals surface area contributed by atoms with Crippen LogP contribution in [0, 0.1) is 5.82 Å². The van der Waals surface area contributed by atoms with Crippen molar-refractivity contribution >= 4 is 5.69 Å². The van der Waals surface area contributed by atoms with Crippen LogP contribution in [0.3, 0.4) is 0 Å². The van der Waals surface area contributed by atoms with Crippen LogP contribution in [-0.2, 0) is 0 Å². The number of anilines is 1. The topological polar surface area (TPSA) is 15.3 Å². The molecule has 1 aliphatic carbocycles. The number of benzene rings is 1. The van der Waals surface area contributed by atoms with Crippen LogP contribution in [0.4, 0.5) is 10.1 Å². The van der Waals surface area contributed by atoms with Crippen molar-refractivity contribution in [2.45, 2.75) is 44.7 Å². The summed E-state index contributed by atoms with van der Waals surface area (Å²) in [4.78, 5) is 2.15. The third-order valence-electron chi connectivity index (χ3n) is 3.98. The van der Waals surface area contributed by atoms with Gasteiger partial charge in [-0.15, -0.1) is 0 Å². The zero-order chi connectivity index (χ0) is 12.5. The van der Waals surface area contributed by atoms with Crippen LogP contribution >= 0.6 is 0 Å². The summed E-state index contributed by atoms with van der Waals surface area (Å²) in [5, 5.41) is 3.51. The highest BCUT2D eigenvalue weighted by Gasteiger charge is 2.24. The Hall–Kier alpha value is -1.09. The van der Waals surface area contributed by atoms with Gasteiger partial charge in [-0.1, -0.05) is 6.07 Å². The Kier molecular flexibility index (Phi) is 3.25. The third-order valence-corrected chi connectivity index (χ3v) is 3.98. The molecule has 2 aliphatic rings. The minimum atomic E-state index is -0.0705. The van der Waals surface area contributed by atoms with Crippen molar-refractivity contribution in [2.75, 3.05) is 18.0 Å². The van der Waals surface area contributed by atoms with Crippen LogP contribution in [-0.4, -0.2) is 19.1 Å². The monoisotopic (exact) mass is 248 g/mol. The lowest BCUT2D eigenvalue weighted by Gasteiger charge is -2.20. The summed E-state index contributed by atoms with van der Waals surface area (Å²) in [6.45, 7) is 4.10. The maximum Gasteiger partial charge on any atom is 0.146 e. The fourth-order valence-electron chi connectivity index (χ4n) is 2.71. The van der Waals surface area contributed by atoms with Crippen LogP contribution in [0.15, 0.2) is 18.2 Å². The second-order valence-corrected chi connectivity index (χ2v) is 5.57. The molecule has 1 aromatic carbocycles. The van der Waals surface area contributed by atoms with E-state index in [0.29, 0.717) is 6.04 Å².